The summed E-state index contributed by atoms with van der Waals surface area (Å²) < 4.78 is 38.5. The van der Waals surface area contributed by atoms with Crippen LogP contribution in [-0.2, 0) is 29.5 Å². The van der Waals surface area contributed by atoms with Gasteiger partial charge in [-0.3, -0.25) is 14.5 Å². The topological polar surface area (TPSA) is 148 Å². The van der Waals surface area contributed by atoms with Gasteiger partial charge in [-0.2, -0.15) is 13.2 Å². The zero-order chi connectivity index (χ0) is 46.3. The third-order valence-electron chi connectivity index (χ3n) is 10.9. The molecule has 9 rings (SSSR count). The fraction of sp³-hybridized carbons (Fsp3) is 0.163. The number of anilines is 1. The van der Waals surface area contributed by atoms with Gasteiger partial charge in [0, 0.05) is 16.9 Å². The van der Waals surface area contributed by atoms with Crippen LogP contribution in [0.5, 0.6) is 0 Å². The number of nitrogens with zero attached hydrogens (tertiary/aromatic N) is 5. The number of aromatic nitrogens is 3. The number of rotatable bonds is 17. The molecule has 0 radical (unpaired) electrons. The van der Waals surface area contributed by atoms with Gasteiger partial charge in [-0.05, 0) is 51.8 Å². The van der Waals surface area contributed by atoms with Gasteiger partial charge in [-0.1, -0.05) is 169 Å². The summed E-state index contributed by atoms with van der Waals surface area (Å²) in [7, 11) is 0. The van der Waals surface area contributed by atoms with E-state index in [0.29, 0.717) is 32.4 Å². The molecule has 2 atom stereocenters. The lowest BCUT2D eigenvalue weighted by molar-refractivity contribution is -0.154. The number of alkyl halides is 2. The second-order valence-corrected chi connectivity index (χ2v) is 19.1. The maximum absolute atomic E-state index is 14.5. The van der Waals surface area contributed by atoms with Crippen molar-refractivity contribution < 1.29 is 32.7 Å². The Hall–Kier alpha value is -6.73. The fourth-order valence-electron chi connectivity index (χ4n) is 7.90. The van der Waals surface area contributed by atoms with Gasteiger partial charge in [-0.25, -0.2) is 14.8 Å². The number of hydrogen-bond donors (Lipinski definition) is 2. The number of ether oxygens (including phenoxy) is 1. The first-order valence-electron chi connectivity index (χ1n) is 20.8. The molecule has 0 bridgehead atoms. The molecule has 0 aliphatic carbocycles. The molecular weight excluding hydrogens is 933 g/mol. The van der Waals surface area contributed by atoms with Crippen LogP contribution in [0.3, 0.4) is 0 Å². The Morgan fingerprint density at radius 1 is 0.836 bits per heavy atom. The van der Waals surface area contributed by atoms with Crippen LogP contribution in [-0.4, -0.2) is 72.3 Å². The minimum Gasteiger partial charge on any atom is -0.448 e. The van der Waals surface area contributed by atoms with E-state index in [9.17, 15) is 23.2 Å². The predicted molar refractivity (Wildman–Crippen MR) is 257 cm³/mol. The Morgan fingerprint density at radius 3 is 1.91 bits per heavy atom. The molecule has 2 N–H and O–H groups in total. The maximum atomic E-state index is 14.5. The van der Waals surface area contributed by atoms with Gasteiger partial charge in [0.05, 0.1) is 0 Å². The second-order valence-electron chi connectivity index (χ2n) is 15.1. The highest BCUT2D eigenvalue weighted by Gasteiger charge is 2.55. The number of halogens is 2. The predicted octanol–water partition coefficient (Wildman–Crippen LogP) is 9.43. The van der Waals surface area contributed by atoms with Gasteiger partial charge in [0.25, 0.3) is 11.8 Å². The number of hydrogen-bond acceptors (Lipinski definition) is 14. The number of fused-ring (bicyclic) bond motifs is 1. The average molecular weight is 972 g/mol. The van der Waals surface area contributed by atoms with Crippen LogP contribution < -0.4 is 10.6 Å². The summed E-state index contributed by atoms with van der Waals surface area (Å²) in [5.74, 6) is -1.07. The van der Waals surface area contributed by atoms with Crippen LogP contribution in [0, 0.1) is 6.92 Å². The minimum atomic E-state index is -3.36. The molecule has 18 heteroatoms. The maximum Gasteiger partial charge on any atom is 0.407 e. The molecule has 2 aliphatic rings. The standard InChI is InChI=1S/C49H39F2N7O5S4/c1-30-52-48(67-57-30)66-28-33-27-64-44-39(43(60)58(44)40(33)45(61)62-41(31-17-7-2-8-18-31)32-19-9-3-10-20-32)54-42(59)38(56-63-46(50)51)37-29-65-47(53-37)55-49(34-21-11-4-12-22-34,35-23-13-5-14-24-35)36-25-15-6-16-26-36/h2-26,29,39,41,44,46H,27-28H2,1H3,(H,53,55)(H,54,59)/t39?,44-/m1/s1. The second kappa shape index (κ2) is 20.4. The number of oxime groups is 1. The van der Waals surface area contributed by atoms with Gasteiger partial charge in [-0.15, -0.1) is 23.1 Å². The van der Waals surface area contributed by atoms with E-state index in [0.717, 1.165) is 39.2 Å². The summed E-state index contributed by atoms with van der Waals surface area (Å²) in [5.41, 5.74) is 3.19. The molecule has 67 heavy (non-hydrogen) atoms. The van der Waals surface area contributed by atoms with E-state index in [4.69, 9.17) is 9.72 Å². The molecule has 5 aromatic carbocycles. The van der Waals surface area contributed by atoms with Gasteiger partial charge in [0.15, 0.2) is 21.3 Å². The largest absolute Gasteiger partial charge is 0.448 e. The van der Waals surface area contributed by atoms with Gasteiger partial charge >= 0.3 is 12.6 Å². The zero-order valence-electron chi connectivity index (χ0n) is 35.4. The quantitative estimate of drug-likeness (QED) is 0.0225. The normalized spacial score (nSPS) is 16.1. The van der Waals surface area contributed by atoms with E-state index in [1.54, 1.807) is 6.92 Å². The van der Waals surface area contributed by atoms with E-state index < -0.39 is 53.2 Å². The van der Waals surface area contributed by atoms with Crippen LogP contribution in [0.15, 0.2) is 178 Å². The third kappa shape index (κ3) is 9.74. The number of β-lactam (4-membered cyclic amide) rings is 1. The smallest absolute Gasteiger partial charge is 0.407 e. The van der Waals surface area contributed by atoms with Crippen LogP contribution in [0.2, 0.25) is 0 Å². The third-order valence-corrected chi connectivity index (χ3v) is 15.0. The molecule has 338 valence electrons. The van der Waals surface area contributed by atoms with Gasteiger partial charge in [0.1, 0.15) is 34.2 Å². The van der Waals surface area contributed by atoms with Crippen molar-refractivity contribution in [1.29, 1.82) is 0 Å². The van der Waals surface area contributed by atoms with Crippen LogP contribution in [0.25, 0.3) is 0 Å². The van der Waals surface area contributed by atoms with E-state index in [2.05, 4.69) is 30.0 Å². The van der Waals surface area contributed by atoms with E-state index >= 15 is 0 Å². The summed E-state index contributed by atoms with van der Waals surface area (Å²) >= 11 is 5.10. The Morgan fingerprint density at radius 2 is 1.39 bits per heavy atom. The molecule has 1 fully saturated rings. The Bertz CT molecular complexity index is 2770. The molecule has 0 saturated carbocycles. The molecule has 2 amide bonds. The molecule has 2 aromatic heterocycles. The first-order valence-corrected chi connectivity index (χ1v) is 24.5. The first kappa shape index (κ1) is 45.4. The average Bonchev–Trinajstić information content (AvgIpc) is 4.02. The van der Waals surface area contributed by atoms with Crippen molar-refractivity contribution in [2.75, 3.05) is 16.8 Å². The number of carbonyl (C=O) groups excluding carboxylic acids is 3. The summed E-state index contributed by atoms with van der Waals surface area (Å²) in [4.78, 5) is 57.9. The van der Waals surface area contributed by atoms with E-state index in [1.165, 1.54) is 45.3 Å². The molecule has 2 aliphatic heterocycles. The zero-order valence-corrected chi connectivity index (χ0v) is 38.7. The number of amides is 2. The van der Waals surface area contributed by atoms with Crippen molar-refractivity contribution in [1.82, 2.24) is 24.6 Å². The van der Waals surface area contributed by atoms with Crippen LogP contribution in [0.4, 0.5) is 13.9 Å². The van der Waals surface area contributed by atoms with E-state index in [-0.39, 0.29) is 11.4 Å². The Kier molecular flexibility index (Phi) is 13.8. The number of esters is 1. The van der Waals surface area contributed by atoms with Crippen molar-refractivity contribution in [3.05, 3.63) is 208 Å². The molecule has 1 unspecified atom stereocenters. The van der Waals surface area contributed by atoms with Gasteiger partial charge < -0.3 is 20.2 Å². The van der Waals surface area contributed by atoms with E-state index in [1.807, 2.05) is 152 Å². The number of thioether (sulfide) groups is 2. The SMILES string of the molecule is Cc1nsc(SCC2=C(C(=O)OC(c3ccccc3)c3ccccc3)N3C(=O)C(NC(=O)C(=NOC(F)F)c4csc(NC(c5ccccc5)(c5ccccc5)c5ccccc5)n4)[C@H]3SC2)n1. The number of aryl methyl sites for hydroxylation is 1. The van der Waals surface area contributed by atoms with Crippen molar-refractivity contribution in [3.63, 3.8) is 0 Å². The molecule has 7 aromatic rings. The van der Waals surface area contributed by atoms with Crippen LogP contribution >= 0.6 is 46.4 Å². The summed E-state index contributed by atoms with van der Waals surface area (Å²) in [6.45, 7) is -1.57. The highest BCUT2D eigenvalue weighted by molar-refractivity contribution is 8.01. The lowest BCUT2D eigenvalue weighted by Gasteiger charge is -2.49. The summed E-state index contributed by atoms with van der Waals surface area (Å²) in [6, 6.07) is 46.7. The molecule has 1 saturated heterocycles. The van der Waals surface area contributed by atoms with Crippen molar-refractivity contribution in [2.45, 2.75) is 40.9 Å². The summed E-state index contributed by atoms with van der Waals surface area (Å²) in [5, 5.41) is 11.0. The molecule has 12 nitrogen and oxygen atoms in total. The molecule has 4 heterocycles. The Balaban J connectivity index is 0.999. The Labute approximate surface area is 400 Å². The summed E-state index contributed by atoms with van der Waals surface area (Å²) in [6.07, 6.45) is -0.800. The first-order chi connectivity index (χ1) is 32.7. The highest BCUT2D eigenvalue weighted by Crippen LogP contribution is 2.44. The monoisotopic (exact) mass is 971 g/mol. The lowest BCUT2D eigenvalue weighted by Crippen LogP contribution is -2.71. The van der Waals surface area contributed by atoms with Crippen molar-refractivity contribution in [3.8, 4) is 0 Å². The number of thiazole rings is 1. The fourth-order valence-corrected chi connectivity index (χ4v) is 11.8. The molecular formula is C49H39F2N7O5S4. The van der Waals surface area contributed by atoms with Crippen LogP contribution in [0.1, 0.15) is 45.4 Å². The van der Waals surface area contributed by atoms with Gasteiger partial charge in [0.2, 0.25) is 0 Å². The van der Waals surface area contributed by atoms with Crippen molar-refractivity contribution in [2.24, 2.45) is 5.16 Å². The number of benzene rings is 5. The highest BCUT2D eigenvalue weighted by atomic mass is 32.2. The van der Waals surface area contributed by atoms with Crippen molar-refractivity contribution >= 4 is 75.0 Å². The minimum absolute atomic E-state index is 0.0636. The number of carbonyl (C=O) groups is 3. The molecule has 0 spiro atoms. The lowest BCUT2D eigenvalue weighted by atomic mass is 9.77. The number of nitrogens with one attached hydrogen (secondary N) is 2.